The summed E-state index contributed by atoms with van der Waals surface area (Å²) in [4.78, 5) is 4.25. The van der Waals surface area contributed by atoms with Gasteiger partial charge in [-0.2, -0.15) is 0 Å². The summed E-state index contributed by atoms with van der Waals surface area (Å²) in [5, 5.41) is 3.04. The van der Waals surface area contributed by atoms with Crippen molar-refractivity contribution in [2.24, 2.45) is 10.7 Å². The Hall–Kier alpha value is -1.23. The quantitative estimate of drug-likeness (QED) is 0.662. The number of rotatable bonds is 4. The number of ether oxygens (including phenoxy) is 1. The van der Waals surface area contributed by atoms with Crippen LogP contribution in [0.1, 0.15) is 19.4 Å². The van der Waals surface area contributed by atoms with E-state index in [1.54, 1.807) is 7.11 Å². The SMILES string of the molecule is COc1ccc(CN=C(N)NC(C)C)cc1Br. The summed E-state index contributed by atoms with van der Waals surface area (Å²) < 4.78 is 6.08. The van der Waals surface area contributed by atoms with Crippen molar-refractivity contribution in [1.82, 2.24) is 5.32 Å². The zero-order chi connectivity index (χ0) is 12.8. The van der Waals surface area contributed by atoms with Crippen molar-refractivity contribution >= 4 is 21.9 Å². The van der Waals surface area contributed by atoms with E-state index in [-0.39, 0.29) is 0 Å². The smallest absolute Gasteiger partial charge is 0.189 e. The molecule has 0 radical (unpaired) electrons. The van der Waals surface area contributed by atoms with E-state index in [0.717, 1.165) is 15.8 Å². The number of hydrogen-bond acceptors (Lipinski definition) is 2. The Kier molecular flexibility index (Phi) is 5.28. The molecule has 0 saturated heterocycles. The van der Waals surface area contributed by atoms with Gasteiger partial charge in [-0.3, -0.25) is 0 Å². The summed E-state index contributed by atoms with van der Waals surface area (Å²) in [5.41, 5.74) is 6.79. The van der Waals surface area contributed by atoms with Crippen LogP contribution in [-0.4, -0.2) is 19.1 Å². The molecule has 0 atom stereocenters. The van der Waals surface area contributed by atoms with E-state index in [4.69, 9.17) is 10.5 Å². The maximum absolute atomic E-state index is 5.72. The molecular formula is C12H18BrN3O. The molecule has 0 aliphatic carbocycles. The highest BCUT2D eigenvalue weighted by Crippen LogP contribution is 2.25. The molecule has 4 nitrogen and oxygen atoms in total. The summed E-state index contributed by atoms with van der Waals surface area (Å²) >= 11 is 3.43. The lowest BCUT2D eigenvalue weighted by atomic mass is 10.2. The van der Waals surface area contributed by atoms with Gasteiger partial charge in [0.1, 0.15) is 5.75 Å². The summed E-state index contributed by atoms with van der Waals surface area (Å²) in [6, 6.07) is 6.14. The molecule has 1 rings (SSSR count). The summed E-state index contributed by atoms with van der Waals surface area (Å²) in [6.07, 6.45) is 0. The molecule has 1 aromatic rings. The van der Waals surface area contributed by atoms with Gasteiger partial charge in [-0.25, -0.2) is 4.99 Å². The number of hydrogen-bond donors (Lipinski definition) is 2. The molecule has 0 aliphatic rings. The molecule has 0 aromatic heterocycles. The number of halogens is 1. The lowest BCUT2D eigenvalue weighted by Crippen LogP contribution is -2.36. The van der Waals surface area contributed by atoms with Gasteiger partial charge >= 0.3 is 0 Å². The molecule has 1 aromatic carbocycles. The summed E-state index contributed by atoms with van der Waals surface area (Å²) in [6.45, 7) is 4.59. The van der Waals surface area contributed by atoms with Crippen LogP contribution in [0.15, 0.2) is 27.7 Å². The second-order valence-corrected chi connectivity index (χ2v) is 4.82. The second kappa shape index (κ2) is 6.49. The summed E-state index contributed by atoms with van der Waals surface area (Å²) in [5.74, 6) is 1.28. The first-order chi connectivity index (χ1) is 8.02. The van der Waals surface area contributed by atoms with Gasteiger partial charge in [-0.05, 0) is 47.5 Å². The monoisotopic (exact) mass is 299 g/mol. The summed E-state index contributed by atoms with van der Waals surface area (Å²) in [7, 11) is 1.64. The van der Waals surface area contributed by atoms with Crippen LogP contribution in [0.2, 0.25) is 0 Å². The molecular weight excluding hydrogens is 282 g/mol. The zero-order valence-electron chi connectivity index (χ0n) is 10.3. The van der Waals surface area contributed by atoms with E-state index in [2.05, 4.69) is 26.2 Å². The Morgan fingerprint density at radius 2 is 2.24 bits per heavy atom. The second-order valence-electron chi connectivity index (χ2n) is 3.97. The van der Waals surface area contributed by atoms with Crippen LogP contribution in [0.3, 0.4) is 0 Å². The lowest BCUT2D eigenvalue weighted by Gasteiger charge is -2.09. The Morgan fingerprint density at radius 1 is 1.53 bits per heavy atom. The Balaban J connectivity index is 2.66. The fraction of sp³-hybridized carbons (Fsp3) is 0.417. The molecule has 0 amide bonds. The third-order valence-electron chi connectivity index (χ3n) is 2.08. The molecule has 0 unspecified atom stereocenters. The highest BCUT2D eigenvalue weighted by Gasteiger charge is 2.01. The van der Waals surface area contributed by atoms with Gasteiger partial charge in [-0.1, -0.05) is 6.07 Å². The van der Waals surface area contributed by atoms with Gasteiger partial charge in [-0.15, -0.1) is 0 Å². The first kappa shape index (κ1) is 13.8. The Morgan fingerprint density at radius 3 is 2.76 bits per heavy atom. The van der Waals surface area contributed by atoms with Crippen molar-refractivity contribution in [3.8, 4) is 5.75 Å². The van der Waals surface area contributed by atoms with Gasteiger partial charge in [0.25, 0.3) is 0 Å². The van der Waals surface area contributed by atoms with Crippen molar-refractivity contribution in [2.45, 2.75) is 26.4 Å². The number of nitrogens with zero attached hydrogens (tertiary/aromatic N) is 1. The van der Waals surface area contributed by atoms with Gasteiger partial charge < -0.3 is 15.8 Å². The van der Waals surface area contributed by atoms with E-state index < -0.39 is 0 Å². The average molecular weight is 300 g/mol. The first-order valence-electron chi connectivity index (χ1n) is 5.41. The molecule has 0 spiro atoms. The van der Waals surface area contributed by atoms with Gasteiger partial charge in [0, 0.05) is 6.04 Å². The third-order valence-corrected chi connectivity index (χ3v) is 2.70. The first-order valence-corrected chi connectivity index (χ1v) is 6.21. The maximum atomic E-state index is 5.72. The standard InChI is InChI=1S/C12H18BrN3O/c1-8(2)16-12(14)15-7-9-4-5-11(17-3)10(13)6-9/h4-6,8H,7H2,1-3H3,(H3,14,15,16). The van der Waals surface area contributed by atoms with Gasteiger partial charge in [0.05, 0.1) is 18.1 Å². The maximum Gasteiger partial charge on any atom is 0.189 e. The van der Waals surface area contributed by atoms with Crippen LogP contribution in [0.5, 0.6) is 5.75 Å². The van der Waals surface area contributed by atoms with Crippen molar-refractivity contribution in [2.75, 3.05) is 7.11 Å². The van der Waals surface area contributed by atoms with Crippen molar-refractivity contribution in [1.29, 1.82) is 0 Å². The third kappa shape index (κ3) is 4.65. The average Bonchev–Trinajstić information content (AvgIpc) is 2.25. The number of nitrogens with two attached hydrogens (primary N) is 1. The fourth-order valence-corrected chi connectivity index (χ4v) is 1.91. The molecule has 0 aliphatic heterocycles. The van der Waals surface area contributed by atoms with E-state index in [1.165, 1.54) is 0 Å². The highest BCUT2D eigenvalue weighted by atomic mass is 79.9. The molecule has 0 fully saturated rings. The fourth-order valence-electron chi connectivity index (χ4n) is 1.33. The molecule has 17 heavy (non-hydrogen) atoms. The molecule has 5 heteroatoms. The molecule has 0 heterocycles. The number of benzene rings is 1. The Bertz CT molecular complexity index is 405. The van der Waals surface area contributed by atoms with Crippen LogP contribution in [0, 0.1) is 0 Å². The van der Waals surface area contributed by atoms with E-state index >= 15 is 0 Å². The van der Waals surface area contributed by atoms with E-state index in [9.17, 15) is 0 Å². The van der Waals surface area contributed by atoms with Gasteiger partial charge in [0.2, 0.25) is 0 Å². The van der Waals surface area contributed by atoms with Crippen molar-refractivity contribution in [3.05, 3.63) is 28.2 Å². The molecule has 94 valence electrons. The van der Waals surface area contributed by atoms with Crippen molar-refractivity contribution < 1.29 is 4.74 Å². The largest absolute Gasteiger partial charge is 0.496 e. The Labute approximate surface area is 110 Å². The number of guanidine groups is 1. The molecule has 0 bridgehead atoms. The van der Waals surface area contributed by atoms with E-state index in [1.807, 2.05) is 32.0 Å². The van der Waals surface area contributed by atoms with Crippen LogP contribution in [0.4, 0.5) is 0 Å². The predicted molar refractivity (Wildman–Crippen MR) is 74.3 cm³/mol. The van der Waals surface area contributed by atoms with Crippen molar-refractivity contribution in [3.63, 3.8) is 0 Å². The highest BCUT2D eigenvalue weighted by molar-refractivity contribution is 9.10. The normalized spacial score (nSPS) is 11.7. The molecule has 3 N–H and O–H groups in total. The number of methoxy groups -OCH3 is 1. The lowest BCUT2D eigenvalue weighted by molar-refractivity contribution is 0.412. The van der Waals surface area contributed by atoms with E-state index in [0.29, 0.717) is 18.5 Å². The predicted octanol–water partition coefficient (Wildman–Crippen LogP) is 2.27. The van der Waals surface area contributed by atoms with Crippen LogP contribution >= 0.6 is 15.9 Å². The number of nitrogens with one attached hydrogen (secondary N) is 1. The minimum absolute atomic E-state index is 0.293. The van der Waals surface area contributed by atoms with Crippen LogP contribution in [-0.2, 0) is 6.54 Å². The zero-order valence-corrected chi connectivity index (χ0v) is 11.9. The van der Waals surface area contributed by atoms with Gasteiger partial charge in [0.15, 0.2) is 5.96 Å². The minimum Gasteiger partial charge on any atom is -0.496 e. The topological polar surface area (TPSA) is 59.6 Å². The molecule has 0 saturated carbocycles. The van der Waals surface area contributed by atoms with Crippen LogP contribution < -0.4 is 15.8 Å². The van der Waals surface area contributed by atoms with Crippen LogP contribution in [0.25, 0.3) is 0 Å². The number of aliphatic imine (C=N–C) groups is 1. The minimum atomic E-state index is 0.293.